The van der Waals surface area contributed by atoms with Crippen LogP contribution in [0.15, 0.2) is 18.2 Å². The van der Waals surface area contributed by atoms with E-state index in [0.717, 1.165) is 19.2 Å². The molecular formula is C14H19FN4O3. The number of rotatable bonds is 5. The summed E-state index contributed by atoms with van der Waals surface area (Å²) < 4.78 is 13.8. The third kappa shape index (κ3) is 4.22. The molecule has 1 aliphatic rings. The van der Waals surface area contributed by atoms with Crippen LogP contribution < -0.4 is 5.32 Å². The maximum Gasteiger partial charge on any atom is 0.272 e. The van der Waals surface area contributed by atoms with Gasteiger partial charge in [0.1, 0.15) is 5.82 Å². The van der Waals surface area contributed by atoms with E-state index in [0.29, 0.717) is 18.7 Å². The molecule has 0 bridgehead atoms. The molecule has 0 unspecified atom stereocenters. The lowest BCUT2D eigenvalue weighted by Gasteiger charge is -2.29. The highest BCUT2D eigenvalue weighted by Gasteiger charge is 2.18. The fourth-order valence-corrected chi connectivity index (χ4v) is 2.37. The summed E-state index contributed by atoms with van der Waals surface area (Å²) in [6.45, 7) is 3.34. The molecule has 1 heterocycles. The Bertz CT molecular complexity index is 561. The summed E-state index contributed by atoms with van der Waals surface area (Å²) in [7, 11) is 1.72. The van der Waals surface area contributed by atoms with Crippen LogP contribution in [0, 0.1) is 15.9 Å². The maximum absolute atomic E-state index is 13.8. The van der Waals surface area contributed by atoms with Crippen molar-refractivity contribution in [3.05, 3.63) is 39.7 Å². The fraction of sp³-hybridized carbons (Fsp3) is 0.500. The molecule has 2 rings (SSSR count). The van der Waals surface area contributed by atoms with Crippen molar-refractivity contribution >= 4 is 11.6 Å². The van der Waals surface area contributed by atoms with Gasteiger partial charge < -0.3 is 10.2 Å². The van der Waals surface area contributed by atoms with Crippen LogP contribution in [-0.2, 0) is 11.3 Å². The number of amides is 1. The predicted octanol–water partition coefficient (Wildman–Crippen LogP) is 0.598. The Kier molecular flexibility index (Phi) is 5.40. The lowest BCUT2D eigenvalue weighted by atomic mass is 10.2. The molecule has 0 spiro atoms. The highest BCUT2D eigenvalue weighted by molar-refractivity contribution is 5.78. The minimum absolute atomic E-state index is 0.00585. The average molecular weight is 310 g/mol. The first-order valence-corrected chi connectivity index (χ1v) is 7.07. The molecular weight excluding hydrogens is 291 g/mol. The molecule has 0 atom stereocenters. The van der Waals surface area contributed by atoms with Crippen molar-refractivity contribution < 1.29 is 14.1 Å². The number of hydrogen-bond donors (Lipinski definition) is 1. The molecule has 0 radical (unpaired) electrons. The molecule has 1 N–H and O–H groups in total. The highest BCUT2D eigenvalue weighted by atomic mass is 19.1. The van der Waals surface area contributed by atoms with E-state index >= 15 is 0 Å². The molecule has 120 valence electrons. The summed E-state index contributed by atoms with van der Waals surface area (Å²) in [5.74, 6) is -0.623. The van der Waals surface area contributed by atoms with E-state index in [-0.39, 0.29) is 24.7 Å². The summed E-state index contributed by atoms with van der Waals surface area (Å²) in [5.41, 5.74) is 0.0574. The van der Waals surface area contributed by atoms with E-state index in [1.54, 1.807) is 16.8 Å². The van der Waals surface area contributed by atoms with Gasteiger partial charge in [0.25, 0.3) is 5.69 Å². The molecule has 8 heteroatoms. The van der Waals surface area contributed by atoms with Gasteiger partial charge in [0.05, 0.1) is 17.5 Å². The molecule has 0 aliphatic carbocycles. The molecule has 0 saturated carbocycles. The zero-order chi connectivity index (χ0) is 16.1. The molecule has 1 aliphatic heterocycles. The van der Waals surface area contributed by atoms with Crippen molar-refractivity contribution in [1.82, 2.24) is 15.1 Å². The van der Waals surface area contributed by atoms with Gasteiger partial charge >= 0.3 is 0 Å². The number of carbonyl (C=O) groups excluding carboxylic acids is 1. The van der Waals surface area contributed by atoms with Gasteiger partial charge in [0.15, 0.2) is 0 Å². The van der Waals surface area contributed by atoms with Crippen LogP contribution in [0.25, 0.3) is 0 Å². The first-order chi connectivity index (χ1) is 10.5. The Labute approximate surface area is 127 Å². The van der Waals surface area contributed by atoms with Gasteiger partial charge in [-0.2, -0.15) is 0 Å². The number of piperazine rings is 1. The van der Waals surface area contributed by atoms with E-state index in [1.165, 1.54) is 12.1 Å². The Morgan fingerprint density at radius 3 is 2.73 bits per heavy atom. The monoisotopic (exact) mass is 310 g/mol. The fourth-order valence-electron chi connectivity index (χ4n) is 2.37. The summed E-state index contributed by atoms with van der Waals surface area (Å²) in [4.78, 5) is 25.5. The number of halogens is 1. The Hall–Kier alpha value is -2.06. The van der Waals surface area contributed by atoms with E-state index in [9.17, 15) is 19.3 Å². The maximum atomic E-state index is 13.8. The second kappa shape index (κ2) is 7.28. The summed E-state index contributed by atoms with van der Waals surface area (Å²) in [5, 5.41) is 13.8. The van der Waals surface area contributed by atoms with Crippen molar-refractivity contribution in [2.24, 2.45) is 0 Å². The van der Waals surface area contributed by atoms with E-state index in [2.05, 4.69) is 5.32 Å². The van der Waals surface area contributed by atoms with Crippen LogP contribution in [0.5, 0.6) is 0 Å². The topological polar surface area (TPSA) is 78.7 Å². The zero-order valence-corrected chi connectivity index (χ0v) is 12.4. The normalized spacial score (nSPS) is 15.1. The molecule has 1 amide bonds. The van der Waals surface area contributed by atoms with Crippen LogP contribution in [0.1, 0.15) is 5.56 Å². The van der Waals surface area contributed by atoms with Gasteiger partial charge in [-0.3, -0.25) is 19.8 Å². The number of nitrogens with zero attached hydrogens (tertiary/aromatic N) is 3. The molecule has 1 aromatic rings. The van der Waals surface area contributed by atoms with Gasteiger partial charge in [0.2, 0.25) is 5.91 Å². The molecule has 1 fully saturated rings. The Morgan fingerprint density at radius 1 is 1.45 bits per heavy atom. The van der Waals surface area contributed by atoms with Gasteiger partial charge in [0, 0.05) is 44.4 Å². The number of likely N-dealkylation sites (N-methyl/N-ethyl adjacent to an activating group) is 1. The minimum Gasteiger partial charge on any atom is -0.339 e. The van der Waals surface area contributed by atoms with Crippen LogP contribution in [0.3, 0.4) is 0 Å². The van der Waals surface area contributed by atoms with Gasteiger partial charge in [-0.1, -0.05) is 0 Å². The first kappa shape index (κ1) is 16.3. The van der Waals surface area contributed by atoms with Crippen LogP contribution in [0.4, 0.5) is 10.1 Å². The van der Waals surface area contributed by atoms with E-state index in [4.69, 9.17) is 0 Å². The van der Waals surface area contributed by atoms with Crippen LogP contribution >= 0.6 is 0 Å². The summed E-state index contributed by atoms with van der Waals surface area (Å²) >= 11 is 0. The molecule has 22 heavy (non-hydrogen) atoms. The highest BCUT2D eigenvalue weighted by Crippen LogP contribution is 2.17. The third-order valence-electron chi connectivity index (χ3n) is 3.56. The SMILES string of the molecule is CN(CC(=O)N1CCNCC1)Cc1ccc([N+](=O)[O-])cc1F. The minimum atomic E-state index is -0.634. The second-order valence-electron chi connectivity index (χ2n) is 5.34. The summed E-state index contributed by atoms with van der Waals surface area (Å²) in [6.07, 6.45) is 0. The van der Waals surface area contributed by atoms with E-state index < -0.39 is 10.7 Å². The summed E-state index contributed by atoms with van der Waals surface area (Å²) in [6, 6.07) is 3.56. The number of non-ortho nitro benzene ring substituents is 1. The van der Waals surface area contributed by atoms with Crippen molar-refractivity contribution in [2.75, 3.05) is 39.8 Å². The molecule has 1 aromatic carbocycles. The van der Waals surface area contributed by atoms with Crippen LogP contribution in [0.2, 0.25) is 0 Å². The van der Waals surface area contributed by atoms with Crippen molar-refractivity contribution in [1.29, 1.82) is 0 Å². The number of carbonyl (C=O) groups is 1. The number of nitro benzene ring substituents is 1. The smallest absolute Gasteiger partial charge is 0.272 e. The van der Waals surface area contributed by atoms with Crippen molar-refractivity contribution in [3.8, 4) is 0 Å². The molecule has 0 aromatic heterocycles. The zero-order valence-electron chi connectivity index (χ0n) is 12.4. The number of hydrogen-bond acceptors (Lipinski definition) is 5. The third-order valence-corrected chi connectivity index (χ3v) is 3.56. The van der Waals surface area contributed by atoms with E-state index in [1.807, 2.05) is 0 Å². The lowest BCUT2D eigenvalue weighted by molar-refractivity contribution is -0.385. The first-order valence-electron chi connectivity index (χ1n) is 7.07. The predicted molar refractivity (Wildman–Crippen MR) is 78.8 cm³/mol. The van der Waals surface area contributed by atoms with Crippen molar-refractivity contribution in [2.45, 2.75) is 6.54 Å². The Balaban J connectivity index is 1.92. The lowest BCUT2D eigenvalue weighted by Crippen LogP contribution is -2.49. The second-order valence-corrected chi connectivity index (χ2v) is 5.34. The van der Waals surface area contributed by atoms with Gasteiger partial charge in [-0.15, -0.1) is 0 Å². The molecule has 7 nitrogen and oxygen atoms in total. The molecule has 1 saturated heterocycles. The van der Waals surface area contributed by atoms with Crippen LogP contribution in [-0.4, -0.2) is 60.4 Å². The van der Waals surface area contributed by atoms with Crippen molar-refractivity contribution in [3.63, 3.8) is 0 Å². The van der Waals surface area contributed by atoms with Gasteiger partial charge in [-0.25, -0.2) is 4.39 Å². The quantitative estimate of drug-likeness (QED) is 0.636. The number of nitro groups is 1. The standard InChI is InChI=1S/C14H19FN4O3/c1-17(10-14(20)18-6-4-16-5-7-18)9-11-2-3-12(19(21)22)8-13(11)15/h2-3,8,16H,4-7,9-10H2,1H3. The largest absolute Gasteiger partial charge is 0.339 e. The van der Waals surface area contributed by atoms with Gasteiger partial charge in [-0.05, 0) is 13.1 Å². The average Bonchev–Trinajstić information content (AvgIpc) is 2.50. The Morgan fingerprint density at radius 2 is 2.14 bits per heavy atom. The number of nitrogens with one attached hydrogen (secondary N) is 1. The number of benzene rings is 1.